The van der Waals surface area contributed by atoms with Crippen LogP contribution in [-0.4, -0.2) is 58.3 Å². The molecule has 0 radical (unpaired) electrons. The summed E-state index contributed by atoms with van der Waals surface area (Å²) in [5.74, 6) is -29.3. The number of carboxylic acids is 1. The Balaban J connectivity index is 4.96. The Bertz CT molecular complexity index is 835. The zero-order valence-corrected chi connectivity index (χ0v) is 18.4. The lowest BCUT2D eigenvalue weighted by Gasteiger charge is -2.40. The van der Waals surface area contributed by atoms with Crippen LogP contribution in [0.4, 0.5) is 52.7 Å². The van der Waals surface area contributed by atoms with Gasteiger partial charge in [0.2, 0.25) is 0 Å². The summed E-state index contributed by atoms with van der Waals surface area (Å²) in [6.45, 7) is 0. The molecule has 0 saturated heterocycles. The van der Waals surface area contributed by atoms with Crippen LogP contribution in [0.15, 0.2) is 0 Å². The van der Waals surface area contributed by atoms with Crippen molar-refractivity contribution in [1.29, 1.82) is 0 Å². The molecule has 0 aromatic rings. The number of unbranched alkanes of at least 4 members (excludes halogenated alkanes) is 6. The highest BCUT2D eigenvalue weighted by molar-refractivity contribution is 5.66. The second-order valence-electron chi connectivity index (χ2n) is 7.61. The highest BCUT2D eigenvalue weighted by atomic mass is 19.4. The van der Waals surface area contributed by atoms with Crippen molar-refractivity contribution in [3.63, 3.8) is 0 Å². The maximum atomic E-state index is 13.7. The van der Waals surface area contributed by atoms with Gasteiger partial charge in [0.25, 0.3) is 0 Å². The first-order valence-corrected chi connectivity index (χ1v) is 10.3. The van der Waals surface area contributed by atoms with Gasteiger partial charge in [-0.05, 0) is 24.7 Å². The molecule has 208 valence electrons. The molecule has 0 spiro atoms. The molecule has 15 heteroatoms. The lowest BCUT2D eigenvalue weighted by atomic mass is 9.91. The summed E-state index contributed by atoms with van der Waals surface area (Å²) in [7, 11) is 0. The summed E-state index contributed by atoms with van der Waals surface area (Å²) < 4.78 is 157. The number of hydrogen-bond acceptors (Lipinski definition) is 2. The first kappa shape index (κ1) is 33.7. The van der Waals surface area contributed by atoms with Gasteiger partial charge in [0.05, 0.1) is 0 Å². The fourth-order valence-electron chi connectivity index (χ4n) is 2.59. The molecule has 0 bridgehead atoms. The van der Waals surface area contributed by atoms with Gasteiger partial charge < -0.3 is 10.2 Å². The second kappa shape index (κ2) is 13.3. The number of aliphatic carboxylic acids is 1. The van der Waals surface area contributed by atoms with Gasteiger partial charge in [-0.2, -0.15) is 43.9 Å². The molecule has 1 atom stereocenters. The lowest BCUT2D eigenvalue weighted by Crippen LogP contribution is -2.70. The maximum absolute atomic E-state index is 13.7. The quantitative estimate of drug-likeness (QED) is 0.141. The van der Waals surface area contributed by atoms with Crippen LogP contribution in [0.1, 0.15) is 57.8 Å². The molecule has 0 aromatic carbocycles. The van der Waals surface area contributed by atoms with Gasteiger partial charge >= 0.3 is 42.0 Å². The first-order valence-electron chi connectivity index (χ1n) is 10.3. The van der Waals surface area contributed by atoms with E-state index < -0.39 is 54.5 Å². The number of aliphatic hydroxyl groups is 1. The molecule has 0 aliphatic carbocycles. The predicted octanol–water partition coefficient (Wildman–Crippen LogP) is 6.39. The third kappa shape index (κ3) is 7.85. The van der Waals surface area contributed by atoms with E-state index in [0.29, 0.717) is 25.7 Å². The van der Waals surface area contributed by atoms with Crippen LogP contribution in [0, 0.1) is 23.7 Å². The molecule has 0 saturated carbocycles. The first-order chi connectivity index (χ1) is 16.3. The Morgan fingerprint density at radius 2 is 1.11 bits per heavy atom. The molecule has 36 heavy (non-hydrogen) atoms. The maximum Gasteiger partial charge on any atom is 0.384 e. The number of aliphatic hydroxyl groups excluding tert-OH is 1. The van der Waals surface area contributed by atoms with Crippen LogP contribution in [-0.2, 0) is 4.79 Å². The van der Waals surface area contributed by atoms with E-state index >= 15 is 0 Å². The highest BCUT2D eigenvalue weighted by Gasteiger charge is 2.88. The van der Waals surface area contributed by atoms with Gasteiger partial charge in [-0.15, -0.1) is 0 Å². The molecule has 0 aliphatic rings. The fraction of sp³-hybridized carbons (Fsp3) is 0.762. The standard InChI is InChI=1S/C21H22F12O3/c22-16(23)18(26,27)20(30,31)21(32,33)19(28,29)17(24,25)14(34)12-10-8-6-4-2-1-3-5-7-9-11-13-15(35)36/h14,16,34H,1-3,5,7,9,11-13H2,(H,35,36). The molecule has 0 aromatic heterocycles. The molecule has 3 nitrogen and oxygen atoms in total. The van der Waals surface area contributed by atoms with Crippen LogP contribution < -0.4 is 0 Å². The normalized spacial score (nSPS) is 14.1. The summed E-state index contributed by atoms with van der Waals surface area (Å²) in [6.07, 6.45) is -6.81. The minimum atomic E-state index is -7.70. The Labute approximate surface area is 198 Å². The molecule has 1 unspecified atom stereocenters. The Morgan fingerprint density at radius 3 is 1.61 bits per heavy atom. The Morgan fingerprint density at radius 1 is 0.667 bits per heavy atom. The van der Waals surface area contributed by atoms with Crippen molar-refractivity contribution >= 4 is 5.97 Å². The summed E-state index contributed by atoms with van der Waals surface area (Å²) in [5.41, 5.74) is 0. The van der Waals surface area contributed by atoms with Crippen LogP contribution in [0.3, 0.4) is 0 Å². The summed E-state index contributed by atoms with van der Waals surface area (Å²) in [4.78, 5) is 10.3. The van der Waals surface area contributed by atoms with E-state index in [9.17, 15) is 57.5 Å². The van der Waals surface area contributed by atoms with E-state index in [1.165, 1.54) is 0 Å². The number of halogens is 12. The topological polar surface area (TPSA) is 57.5 Å². The number of carbonyl (C=O) groups is 1. The van der Waals surface area contributed by atoms with Crippen LogP contribution in [0.5, 0.6) is 0 Å². The largest absolute Gasteiger partial charge is 0.481 e. The number of carboxylic acid groups (broad SMARTS) is 1. The van der Waals surface area contributed by atoms with Crippen LogP contribution in [0.2, 0.25) is 0 Å². The number of hydrogen-bond donors (Lipinski definition) is 2. The monoisotopic (exact) mass is 550 g/mol. The van der Waals surface area contributed by atoms with E-state index in [1.54, 1.807) is 5.92 Å². The molecular weight excluding hydrogens is 528 g/mol. The highest BCUT2D eigenvalue weighted by Crippen LogP contribution is 2.58. The van der Waals surface area contributed by atoms with E-state index in [2.05, 4.69) is 11.8 Å². The van der Waals surface area contributed by atoms with Gasteiger partial charge in [-0.25, -0.2) is 8.78 Å². The third-order valence-corrected chi connectivity index (χ3v) is 4.80. The molecule has 2 N–H and O–H groups in total. The van der Waals surface area contributed by atoms with Crippen LogP contribution in [0.25, 0.3) is 0 Å². The average molecular weight is 550 g/mol. The Kier molecular flexibility index (Phi) is 12.5. The van der Waals surface area contributed by atoms with Crippen molar-refractivity contribution in [3.05, 3.63) is 0 Å². The van der Waals surface area contributed by atoms with Crippen molar-refractivity contribution in [2.24, 2.45) is 0 Å². The van der Waals surface area contributed by atoms with Gasteiger partial charge in [-0.3, -0.25) is 4.79 Å². The number of alkyl halides is 12. The van der Waals surface area contributed by atoms with Crippen LogP contribution >= 0.6 is 0 Å². The summed E-state index contributed by atoms with van der Waals surface area (Å²) >= 11 is 0. The minimum Gasteiger partial charge on any atom is -0.481 e. The molecule has 0 aliphatic heterocycles. The van der Waals surface area contributed by atoms with Gasteiger partial charge in [-0.1, -0.05) is 37.5 Å². The smallest absolute Gasteiger partial charge is 0.384 e. The van der Waals surface area contributed by atoms with E-state index in [0.717, 1.165) is 12.8 Å². The third-order valence-electron chi connectivity index (χ3n) is 4.80. The van der Waals surface area contributed by atoms with Gasteiger partial charge in [0.1, 0.15) is 6.10 Å². The molecular formula is C21H22F12O3. The summed E-state index contributed by atoms with van der Waals surface area (Å²) in [5, 5.41) is 17.6. The van der Waals surface area contributed by atoms with Gasteiger partial charge in [0, 0.05) is 19.3 Å². The minimum absolute atomic E-state index is 0.0615. The average Bonchev–Trinajstić information content (AvgIpc) is 2.75. The van der Waals surface area contributed by atoms with E-state index in [1.807, 2.05) is 5.92 Å². The number of rotatable bonds is 15. The molecule has 0 heterocycles. The van der Waals surface area contributed by atoms with Gasteiger partial charge in [0.15, 0.2) is 0 Å². The molecule has 0 amide bonds. The second-order valence-corrected chi connectivity index (χ2v) is 7.61. The molecule has 0 rings (SSSR count). The van der Waals surface area contributed by atoms with Crippen molar-refractivity contribution < 1.29 is 67.7 Å². The lowest BCUT2D eigenvalue weighted by molar-refractivity contribution is -0.419. The van der Waals surface area contributed by atoms with Crippen molar-refractivity contribution in [2.75, 3.05) is 0 Å². The molecule has 0 fully saturated rings. The van der Waals surface area contributed by atoms with Crippen molar-refractivity contribution in [1.82, 2.24) is 0 Å². The fourth-order valence-corrected chi connectivity index (χ4v) is 2.59. The Hall–Kier alpha value is -2.29. The zero-order chi connectivity index (χ0) is 28.4. The van der Waals surface area contributed by atoms with Crippen molar-refractivity contribution in [3.8, 4) is 23.7 Å². The van der Waals surface area contributed by atoms with Crippen molar-refractivity contribution in [2.45, 2.75) is 99.9 Å². The zero-order valence-electron chi connectivity index (χ0n) is 18.4. The predicted molar refractivity (Wildman–Crippen MR) is 101 cm³/mol. The van der Waals surface area contributed by atoms with E-state index in [-0.39, 0.29) is 12.8 Å². The van der Waals surface area contributed by atoms with E-state index in [4.69, 9.17) is 10.2 Å². The summed E-state index contributed by atoms with van der Waals surface area (Å²) in [6, 6.07) is 0. The SMILES string of the molecule is O=C(O)CCCCCCCCC#CC#CCC(O)C(F)(F)C(F)(F)C(F)(F)C(F)(F)C(F)(F)C(F)F.